The van der Waals surface area contributed by atoms with Crippen molar-refractivity contribution in [3.8, 4) is 0 Å². The van der Waals surface area contributed by atoms with Gasteiger partial charge in [0.05, 0.1) is 35.4 Å². The topological polar surface area (TPSA) is 63.9 Å². The van der Waals surface area contributed by atoms with Crippen LogP contribution < -0.4 is 5.32 Å². The van der Waals surface area contributed by atoms with Crippen LogP contribution >= 0.6 is 0 Å². The molecule has 0 radical (unpaired) electrons. The number of hydrogen-bond donors (Lipinski definition) is 1. The predicted octanol–water partition coefficient (Wildman–Crippen LogP) is 4.19. The molecule has 0 fully saturated rings. The number of fused-ring (bicyclic) bond motifs is 9. The van der Waals surface area contributed by atoms with Crippen LogP contribution in [-0.4, -0.2) is 25.8 Å². The van der Waals surface area contributed by atoms with Crippen molar-refractivity contribution in [1.82, 2.24) is 14.0 Å². The molecule has 2 N–H and O–H groups in total. The summed E-state index contributed by atoms with van der Waals surface area (Å²) in [6, 6.07) is 27.0. The van der Waals surface area contributed by atoms with Crippen molar-refractivity contribution in [1.29, 1.82) is 0 Å². The third-order valence-corrected chi connectivity index (χ3v) is 7.60. The quantitative estimate of drug-likeness (QED) is 0.397. The molecule has 0 bridgehead atoms. The number of carbonyl (C=O) groups excluding carboxylic acids is 2. The van der Waals surface area contributed by atoms with Gasteiger partial charge in [-0.25, -0.2) is 14.9 Å². The standard InChI is InChI=1S/C29H20N4O2/c34-28-24-22-18-10-4-6-12-20(18)32-15-31(14-17-8-2-1-3-9-17)16-33-21-13-7-5-11-19(21)23(27(33)26(22)32)25(24)29(35)30-28/h1-13H,14-16H2,(H,30,34,35)/p+1. The molecule has 8 rings (SSSR count). The Kier molecular flexibility index (Phi) is 3.63. The monoisotopic (exact) mass is 457 g/mol. The summed E-state index contributed by atoms with van der Waals surface area (Å²) in [7, 11) is 0. The number of hydrogen-bond acceptors (Lipinski definition) is 3. The molecule has 0 unspecified atom stereocenters. The average molecular weight is 458 g/mol. The minimum Gasteiger partial charge on any atom is -0.325 e. The Labute approximate surface area is 199 Å². The lowest BCUT2D eigenvalue weighted by Gasteiger charge is -2.23. The molecule has 168 valence electrons. The van der Waals surface area contributed by atoms with Crippen LogP contribution in [0.5, 0.6) is 0 Å². The fourth-order valence-electron chi connectivity index (χ4n) is 6.29. The number of carbonyl (C=O) groups is 2. The van der Waals surface area contributed by atoms with Gasteiger partial charge in [0.2, 0.25) is 0 Å². The van der Waals surface area contributed by atoms with Gasteiger partial charge in [-0.2, -0.15) is 0 Å². The summed E-state index contributed by atoms with van der Waals surface area (Å²) in [4.78, 5) is 28.9. The lowest BCUT2D eigenvalue weighted by molar-refractivity contribution is -0.445. The summed E-state index contributed by atoms with van der Waals surface area (Å²) >= 11 is 0. The van der Waals surface area contributed by atoms with Gasteiger partial charge in [-0.3, -0.25) is 4.90 Å². The number of para-hydroxylation sites is 2. The molecule has 6 heteroatoms. The Morgan fingerprint density at radius 1 is 0.629 bits per heavy atom. The van der Waals surface area contributed by atoms with E-state index in [2.05, 4.69) is 62.6 Å². The van der Waals surface area contributed by atoms with Crippen molar-refractivity contribution in [2.24, 2.45) is 0 Å². The Morgan fingerprint density at radius 3 is 1.66 bits per heavy atom. The van der Waals surface area contributed by atoms with Gasteiger partial charge in [0.1, 0.15) is 11.1 Å². The zero-order valence-electron chi connectivity index (χ0n) is 18.9. The smallest absolute Gasteiger partial charge is 0.325 e. The first kappa shape index (κ1) is 19.1. The third-order valence-electron chi connectivity index (χ3n) is 7.60. The van der Waals surface area contributed by atoms with Crippen LogP contribution in [0.2, 0.25) is 0 Å². The molecule has 0 spiro atoms. The Balaban J connectivity index is 1.58. The van der Waals surface area contributed by atoms with E-state index in [0.717, 1.165) is 50.2 Å². The summed E-state index contributed by atoms with van der Waals surface area (Å²) in [6.45, 7) is 2.17. The van der Waals surface area contributed by atoms with E-state index >= 15 is 0 Å². The van der Waals surface area contributed by atoms with Crippen LogP contribution in [0.3, 0.4) is 0 Å². The lowest BCUT2D eigenvalue weighted by Crippen LogP contribution is -2.88. The minimum atomic E-state index is -0.183. The molecule has 4 aromatic carbocycles. The number of quaternary nitrogens is 1. The molecular formula is C29H21N4O2+. The summed E-state index contributed by atoms with van der Waals surface area (Å²) in [5.41, 5.74) is 6.63. The van der Waals surface area contributed by atoms with Crippen molar-refractivity contribution in [2.75, 3.05) is 0 Å². The van der Waals surface area contributed by atoms with Gasteiger partial charge in [-0.05, 0) is 17.7 Å². The predicted molar refractivity (Wildman–Crippen MR) is 135 cm³/mol. The normalized spacial score (nSPS) is 15.8. The number of primary amides is 2. The zero-order chi connectivity index (χ0) is 23.3. The lowest BCUT2D eigenvalue weighted by atomic mass is 9.97. The highest BCUT2D eigenvalue weighted by molar-refractivity contribution is 6.35. The molecule has 0 saturated carbocycles. The van der Waals surface area contributed by atoms with Crippen LogP contribution in [-0.2, 0) is 19.9 Å². The van der Waals surface area contributed by atoms with Crippen LogP contribution in [0.25, 0.3) is 43.6 Å². The van der Waals surface area contributed by atoms with Gasteiger partial charge in [-0.1, -0.05) is 66.7 Å². The molecule has 2 aliphatic heterocycles. The molecule has 0 atom stereocenters. The van der Waals surface area contributed by atoms with Crippen LogP contribution in [0.1, 0.15) is 26.3 Å². The highest BCUT2D eigenvalue weighted by Gasteiger charge is 2.41. The second-order valence-electron chi connectivity index (χ2n) is 9.56. The number of nitrogens with two attached hydrogens (primary N) is 1. The maximum atomic E-state index is 13.2. The number of nitrogens with zero attached hydrogens (tertiary/aromatic N) is 3. The number of benzene rings is 4. The van der Waals surface area contributed by atoms with E-state index in [1.165, 1.54) is 10.9 Å². The summed E-state index contributed by atoms with van der Waals surface area (Å²) < 4.78 is 4.68. The molecule has 4 heterocycles. The zero-order valence-corrected chi connectivity index (χ0v) is 18.9. The molecule has 2 aliphatic rings. The van der Waals surface area contributed by atoms with Crippen LogP contribution in [0, 0.1) is 0 Å². The highest BCUT2D eigenvalue weighted by Crippen LogP contribution is 2.45. The molecule has 0 aliphatic carbocycles. The average Bonchev–Trinajstić information content (AvgIpc) is 3.43. The van der Waals surface area contributed by atoms with E-state index in [1.54, 1.807) is 0 Å². The molecule has 6 nitrogen and oxygen atoms in total. The molecule has 35 heavy (non-hydrogen) atoms. The maximum absolute atomic E-state index is 13.2. The van der Waals surface area contributed by atoms with Gasteiger partial charge in [0.25, 0.3) is 0 Å². The molecule has 0 saturated heterocycles. The third kappa shape index (κ3) is 2.40. The first-order valence-corrected chi connectivity index (χ1v) is 11.9. The van der Waals surface area contributed by atoms with Gasteiger partial charge in [0, 0.05) is 28.1 Å². The minimum absolute atomic E-state index is 0.183. The molecular weight excluding hydrogens is 436 g/mol. The van der Waals surface area contributed by atoms with E-state index in [1.807, 2.05) is 30.3 Å². The molecule has 6 aromatic rings. The van der Waals surface area contributed by atoms with E-state index < -0.39 is 0 Å². The van der Waals surface area contributed by atoms with E-state index in [-0.39, 0.29) is 11.8 Å². The Hall–Kier alpha value is -4.26. The van der Waals surface area contributed by atoms with Crippen molar-refractivity contribution < 1.29 is 14.9 Å². The molecule has 2 amide bonds. The Morgan fingerprint density at radius 2 is 1.11 bits per heavy atom. The van der Waals surface area contributed by atoms with Crippen molar-refractivity contribution in [3.63, 3.8) is 0 Å². The summed E-state index contributed by atoms with van der Waals surface area (Å²) in [5, 5.41) is 5.13. The number of aromatic nitrogens is 2. The first-order valence-electron chi connectivity index (χ1n) is 11.9. The highest BCUT2D eigenvalue weighted by atomic mass is 16.2. The van der Waals surface area contributed by atoms with Gasteiger partial charge < -0.3 is 9.13 Å². The largest absolute Gasteiger partial charge is 0.351 e. The van der Waals surface area contributed by atoms with Crippen molar-refractivity contribution >= 4 is 55.4 Å². The van der Waals surface area contributed by atoms with Crippen LogP contribution in [0.4, 0.5) is 0 Å². The van der Waals surface area contributed by atoms with Crippen LogP contribution in [0.15, 0.2) is 78.9 Å². The number of imide groups is 1. The summed E-state index contributed by atoms with van der Waals surface area (Å²) in [6.07, 6.45) is 0. The number of rotatable bonds is 2. The first-order chi connectivity index (χ1) is 17.2. The second-order valence-corrected chi connectivity index (χ2v) is 9.56. The van der Waals surface area contributed by atoms with E-state index in [4.69, 9.17) is 0 Å². The summed E-state index contributed by atoms with van der Waals surface area (Å²) in [5.74, 6) is -0.367. The SMILES string of the molecule is O=C1[NH2+]C(=O)c2c1c1c3ccccc3n3c1c1c2c2ccccc2n1CN(Cc1ccccc1)C3. The maximum Gasteiger partial charge on any atom is 0.351 e. The fraction of sp³-hybridized carbons (Fsp3) is 0.103. The van der Waals surface area contributed by atoms with Gasteiger partial charge in [0.15, 0.2) is 0 Å². The second kappa shape index (κ2) is 6.66. The molecule has 2 aromatic heterocycles. The van der Waals surface area contributed by atoms with Gasteiger partial charge in [-0.15, -0.1) is 0 Å². The fourth-order valence-corrected chi connectivity index (χ4v) is 6.29. The van der Waals surface area contributed by atoms with E-state index in [0.29, 0.717) is 24.5 Å². The van der Waals surface area contributed by atoms with Crippen molar-refractivity contribution in [2.45, 2.75) is 19.9 Å². The number of amides is 2. The van der Waals surface area contributed by atoms with Crippen molar-refractivity contribution in [3.05, 3.63) is 95.6 Å². The Bertz CT molecular complexity index is 1780. The van der Waals surface area contributed by atoms with E-state index in [9.17, 15) is 9.59 Å². The van der Waals surface area contributed by atoms with Gasteiger partial charge >= 0.3 is 11.8 Å².